The van der Waals surface area contributed by atoms with Crippen molar-refractivity contribution in [1.82, 2.24) is 20.3 Å². The molecule has 0 fully saturated rings. The van der Waals surface area contributed by atoms with E-state index >= 15 is 4.39 Å². The minimum atomic E-state index is -4.69. The number of carbonyl (C=O) groups excluding carboxylic acids is 1. The lowest BCUT2D eigenvalue weighted by atomic mass is 10.1. The summed E-state index contributed by atoms with van der Waals surface area (Å²) in [6.45, 7) is 6.45. The molecule has 0 aliphatic carbocycles. The molecule has 2 N–H and O–H groups in total. The number of carbonyl (C=O) groups is 1. The van der Waals surface area contributed by atoms with Gasteiger partial charge in [0.2, 0.25) is 5.82 Å². The van der Waals surface area contributed by atoms with Gasteiger partial charge in [-0.15, -0.1) is 11.3 Å². The third-order valence-electron chi connectivity index (χ3n) is 4.92. The second-order valence-electron chi connectivity index (χ2n) is 7.70. The molecule has 2 heterocycles. The van der Waals surface area contributed by atoms with Crippen LogP contribution in [0.15, 0.2) is 30.7 Å². The van der Waals surface area contributed by atoms with Crippen molar-refractivity contribution in [3.05, 3.63) is 58.4 Å². The first-order valence-electron chi connectivity index (χ1n) is 10.2. The van der Waals surface area contributed by atoms with Gasteiger partial charge in [-0.1, -0.05) is 0 Å². The molecule has 3 atom stereocenters. The van der Waals surface area contributed by atoms with Gasteiger partial charge in [0, 0.05) is 29.0 Å². The molecule has 1 aromatic carbocycles. The highest BCUT2D eigenvalue weighted by atomic mass is 32.1. The number of hydrogen-bond donors (Lipinski definition) is 2. The van der Waals surface area contributed by atoms with Gasteiger partial charge in [0.25, 0.3) is 5.91 Å². The molecule has 1 amide bonds. The molecule has 0 saturated heterocycles. The molecule has 3 aromatic rings. The van der Waals surface area contributed by atoms with Gasteiger partial charge in [-0.3, -0.25) is 4.79 Å². The molecule has 2 aromatic heterocycles. The summed E-state index contributed by atoms with van der Waals surface area (Å²) in [6, 6.07) is 1.78. The first-order valence-corrected chi connectivity index (χ1v) is 11.0. The highest BCUT2D eigenvalue weighted by Crippen LogP contribution is 2.33. The first kappa shape index (κ1) is 25.5. The fourth-order valence-electron chi connectivity index (χ4n) is 2.84. The smallest absolute Gasteiger partial charge is 0.451 e. The van der Waals surface area contributed by atoms with Gasteiger partial charge in [-0.2, -0.15) is 13.2 Å². The Morgan fingerprint density at radius 3 is 2.29 bits per heavy atom. The number of aryl methyl sites for hydroxylation is 1. The summed E-state index contributed by atoms with van der Waals surface area (Å²) in [5.41, 5.74) is -0.102. The minimum Gasteiger partial charge on any atom is -0.488 e. The molecule has 0 aliphatic rings. The molecule has 182 valence electrons. The minimum absolute atomic E-state index is 0.0454. The molecule has 0 saturated carbocycles. The van der Waals surface area contributed by atoms with E-state index in [0.29, 0.717) is 5.01 Å². The summed E-state index contributed by atoms with van der Waals surface area (Å²) in [5, 5.41) is 12.6. The normalized spacial score (nSPS) is 14.4. The second kappa shape index (κ2) is 10.0. The molecule has 0 bridgehead atoms. The zero-order chi connectivity index (χ0) is 25.2. The Morgan fingerprint density at radius 2 is 1.76 bits per heavy atom. The average Bonchev–Trinajstić information content (AvgIpc) is 3.20. The number of aliphatic hydroxyl groups excluding tert-OH is 1. The van der Waals surface area contributed by atoms with E-state index in [9.17, 15) is 23.1 Å². The number of halogens is 4. The van der Waals surface area contributed by atoms with Crippen LogP contribution in [-0.2, 0) is 6.18 Å². The van der Waals surface area contributed by atoms with E-state index in [2.05, 4.69) is 20.3 Å². The van der Waals surface area contributed by atoms with Crippen molar-refractivity contribution < 1.29 is 32.2 Å². The van der Waals surface area contributed by atoms with Crippen LogP contribution in [0.1, 0.15) is 53.4 Å². The Labute approximate surface area is 196 Å². The Balaban J connectivity index is 1.92. The van der Waals surface area contributed by atoms with Crippen molar-refractivity contribution in [2.75, 3.05) is 0 Å². The summed E-state index contributed by atoms with van der Waals surface area (Å²) in [7, 11) is 0. The van der Waals surface area contributed by atoms with Gasteiger partial charge in [0.15, 0.2) is 0 Å². The van der Waals surface area contributed by atoms with Crippen LogP contribution in [-0.4, -0.2) is 38.2 Å². The van der Waals surface area contributed by atoms with Gasteiger partial charge in [-0.05, 0) is 39.8 Å². The van der Waals surface area contributed by atoms with E-state index in [4.69, 9.17) is 4.74 Å². The third kappa shape index (κ3) is 5.86. The predicted octanol–water partition coefficient (Wildman–Crippen LogP) is 4.71. The number of benzene rings is 1. The highest BCUT2D eigenvalue weighted by Gasteiger charge is 2.34. The number of ether oxygens (including phenoxy) is 1. The first-order chi connectivity index (χ1) is 15.9. The maximum Gasteiger partial charge on any atom is 0.451 e. The predicted molar refractivity (Wildman–Crippen MR) is 117 cm³/mol. The standard InChI is InChI=1S/C22H22F4N4O3S/c1-10-7-27-20(34-10)17-6-15(33-13(4)12(3)31)5-16(18(17)23)19(32)30-11(2)14-8-28-21(29-9-14)22(24,25)26/h5-9,11-13,31H,1-4H3,(H,30,32)/t11-,12-,13-/m1/s1. The third-order valence-corrected chi connectivity index (χ3v) is 5.86. The SMILES string of the molecule is Cc1cnc(-c2cc(O[C@H](C)[C@@H](C)O)cc(C(=O)N[C@H](C)c3cnc(C(F)(F)F)nc3)c2F)s1. The number of thiazole rings is 1. The number of alkyl halides is 3. The van der Waals surface area contributed by atoms with Crippen molar-refractivity contribution in [2.24, 2.45) is 0 Å². The Hall–Kier alpha value is -3.12. The monoisotopic (exact) mass is 498 g/mol. The van der Waals surface area contributed by atoms with Gasteiger partial charge < -0.3 is 15.2 Å². The van der Waals surface area contributed by atoms with Crippen molar-refractivity contribution in [3.8, 4) is 16.3 Å². The Bertz CT molecular complexity index is 1170. The van der Waals surface area contributed by atoms with E-state index in [1.165, 1.54) is 37.3 Å². The molecule has 12 heteroatoms. The zero-order valence-electron chi connectivity index (χ0n) is 18.6. The van der Waals surface area contributed by atoms with Gasteiger partial charge in [0.05, 0.1) is 23.3 Å². The maximum absolute atomic E-state index is 15.4. The number of nitrogens with zero attached hydrogens (tertiary/aromatic N) is 3. The molecule has 0 aliphatic heterocycles. The van der Waals surface area contributed by atoms with Crippen LogP contribution in [0.5, 0.6) is 5.75 Å². The lowest BCUT2D eigenvalue weighted by Crippen LogP contribution is -2.29. The number of hydrogen-bond acceptors (Lipinski definition) is 7. The van der Waals surface area contributed by atoms with E-state index in [0.717, 1.165) is 17.3 Å². The van der Waals surface area contributed by atoms with Crippen molar-refractivity contribution in [1.29, 1.82) is 0 Å². The molecule has 7 nitrogen and oxygen atoms in total. The Kier molecular flexibility index (Phi) is 7.51. The number of aromatic nitrogens is 3. The van der Waals surface area contributed by atoms with Crippen LogP contribution >= 0.6 is 11.3 Å². The zero-order valence-corrected chi connectivity index (χ0v) is 19.5. The fraction of sp³-hybridized carbons (Fsp3) is 0.364. The largest absolute Gasteiger partial charge is 0.488 e. The highest BCUT2D eigenvalue weighted by molar-refractivity contribution is 7.14. The molecule has 34 heavy (non-hydrogen) atoms. The molecule has 3 rings (SSSR count). The summed E-state index contributed by atoms with van der Waals surface area (Å²) in [5.74, 6) is -2.82. The summed E-state index contributed by atoms with van der Waals surface area (Å²) < 4.78 is 59.1. The summed E-state index contributed by atoms with van der Waals surface area (Å²) in [4.78, 5) is 24.5. The van der Waals surface area contributed by atoms with Gasteiger partial charge >= 0.3 is 6.18 Å². The lowest BCUT2D eigenvalue weighted by Gasteiger charge is -2.20. The topological polar surface area (TPSA) is 97.2 Å². The average molecular weight is 499 g/mol. The molecule has 0 radical (unpaired) electrons. The van der Waals surface area contributed by atoms with Gasteiger partial charge in [-0.25, -0.2) is 19.3 Å². The van der Waals surface area contributed by atoms with Crippen molar-refractivity contribution in [3.63, 3.8) is 0 Å². The molecule has 0 spiro atoms. The van der Waals surface area contributed by atoms with Crippen LogP contribution in [0.4, 0.5) is 17.6 Å². The fourth-order valence-corrected chi connectivity index (χ4v) is 3.62. The van der Waals surface area contributed by atoms with Crippen molar-refractivity contribution in [2.45, 2.75) is 52.1 Å². The molecule has 0 unspecified atom stereocenters. The summed E-state index contributed by atoms with van der Waals surface area (Å²) in [6.07, 6.45) is -2.70. The Morgan fingerprint density at radius 1 is 1.12 bits per heavy atom. The summed E-state index contributed by atoms with van der Waals surface area (Å²) >= 11 is 1.23. The van der Waals surface area contributed by atoms with Crippen LogP contribution in [0.25, 0.3) is 10.6 Å². The molecular formula is C22H22F4N4O3S. The van der Waals surface area contributed by atoms with E-state index in [-0.39, 0.29) is 22.4 Å². The lowest BCUT2D eigenvalue weighted by molar-refractivity contribution is -0.145. The van der Waals surface area contributed by atoms with Gasteiger partial charge in [0.1, 0.15) is 22.7 Å². The molecular weight excluding hydrogens is 476 g/mol. The van der Waals surface area contributed by atoms with Crippen molar-refractivity contribution >= 4 is 17.2 Å². The van der Waals surface area contributed by atoms with Crippen LogP contribution < -0.4 is 10.1 Å². The van der Waals surface area contributed by atoms with E-state index in [1.54, 1.807) is 20.0 Å². The number of aliphatic hydroxyl groups is 1. The maximum atomic E-state index is 15.4. The van der Waals surface area contributed by atoms with E-state index < -0.39 is 42.0 Å². The second-order valence-corrected chi connectivity index (χ2v) is 8.94. The van der Waals surface area contributed by atoms with Crippen LogP contribution in [0, 0.1) is 12.7 Å². The van der Waals surface area contributed by atoms with E-state index in [1.807, 2.05) is 0 Å². The van der Waals surface area contributed by atoms with Crippen LogP contribution in [0.3, 0.4) is 0 Å². The quantitative estimate of drug-likeness (QED) is 0.458. The number of rotatable bonds is 7. The number of nitrogens with one attached hydrogen (secondary N) is 1. The van der Waals surface area contributed by atoms with Crippen LogP contribution in [0.2, 0.25) is 0 Å². The number of amides is 1.